The van der Waals surface area contributed by atoms with Crippen LogP contribution in [-0.4, -0.2) is 20.9 Å². The highest BCUT2D eigenvalue weighted by Gasteiger charge is 2.32. The van der Waals surface area contributed by atoms with Gasteiger partial charge in [-0.15, -0.1) is 0 Å². The zero-order valence-electron chi connectivity index (χ0n) is 12.8. The van der Waals surface area contributed by atoms with Gasteiger partial charge in [-0.25, -0.2) is 9.97 Å². The number of hydrogen-bond donors (Lipinski definition) is 0. The molecule has 1 fully saturated rings. The monoisotopic (exact) mass is 353 g/mol. The zero-order valence-corrected chi connectivity index (χ0v) is 14.3. The molecule has 0 saturated heterocycles. The molecule has 3 rings (SSSR count). The fourth-order valence-electron chi connectivity index (χ4n) is 3.02. The molecule has 2 aromatic heterocycles. The minimum absolute atomic E-state index is 0.207. The molecule has 7 heteroatoms. The van der Waals surface area contributed by atoms with Gasteiger partial charge in [-0.3, -0.25) is 4.79 Å². The molecule has 0 N–H and O–H groups in total. The molecule has 23 heavy (non-hydrogen) atoms. The SMILES string of the molecule is CCCc1c(-c2nc(Cl)cc(Cl)n2)noc1C1CCCCC1=O. The van der Waals surface area contributed by atoms with Gasteiger partial charge in [0.1, 0.15) is 16.1 Å². The average Bonchev–Trinajstić information content (AvgIpc) is 2.91. The van der Waals surface area contributed by atoms with Gasteiger partial charge < -0.3 is 4.52 Å². The van der Waals surface area contributed by atoms with E-state index in [-0.39, 0.29) is 22.0 Å². The Bertz CT molecular complexity index is 710. The lowest BCUT2D eigenvalue weighted by atomic mass is 9.84. The Morgan fingerprint density at radius 2 is 2.00 bits per heavy atom. The van der Waals surface area contributed by atoms with Crippen LogP contribution < -0.4 is 0 Å². The van der Waals surface area contributed by atoms with Crippen LogP contribution in [0.1, 0.15) is 56.3 Å². The van der Waals surface area contributed by atoms with Crippen molar-refractivity contribution in [1.82, 2.24) is 15.1 Å². The third kappa shape index (κ3) is 3.40. The fourth-order valence-corrected chi connectivity index (χ4v) is 3.44. The van der Waals surface area contributed by atoms with Crippen molar-refractivity contribution < 1.29 is 9.32 Å². The first-order valence-corrected chi connectivity index (χ1v) is 8.57. The van der Waals surface area contributed by atoms with Crippen LogP contribution in [0.5, 0.6) is 0 Å². The maximum absolute atomic E-state index is 12.2. The Balaban J connectivity index is 2.06. The molecule has 0 bridgehead atoms. The minimum atomic E-state index is -0.207. The van der Waals surface area contributed by atoms with Gasteiger partial charge in [0.05, 0.1) is 5.92 Å². The predicted octanol–water partition coefficient (Wildman–Crippen LogP) is 4.62. The van der Waals surface area contributed by atoms with E-state index in [1.807, 2.05) is 0 Å². The van der Waals surface area contributed by atoms with E-state index in [0.717, 1.165) is 37.7 Å². The zero-order chi connectivity index (χ0) is 16.4. The summed E-state index contributed by atoms with van der Waals surface area (Å²) in [5.74, 6) is 1.01. The van der Waals surface area contributed by atoms with E-state index in [1.54, 1.807) is 0 Å². The first-order chi connectivity index (χ1) is 11.1. The van der Waals surface area contributed by atoms with Crippen LogP contribution in [0, 0.1) is 0 Å². The Morgan fingerprint density at radius 1 is 1.26 bits per heavy atom. The largest absolute Gasteiger partial charge is 0.360 e. The number of carbonyl (C=O) groups is 1. The maximum atomic E-state index is 12.2. The molecule has 122 valence electrons. The van der Waals surface area contributed by atoms with Crippen LogP contribution in [-0.2, 0) is 11.2 Å². The topological polar surface area (TPSA) is 68.9 Å². The van der Waals surface area contributed by atoms with Crippen LogP contribution in [0.4, 0.5) is 0 Å². The van der Waals surface area contributed by atoms with E-state index in [4.69, 9.17) is 27.7 Å². The third-order valence-corrected chi connectivity index (χ3v) is 4.45. The Kier molecular flexibility index (Phi) is 4.97. The summed E-state index contributed by atoms with van der Waals surface area (Å²) < 4.78 is 5.56. The second-order valence-electron chi connectivity index (χ2n) is 5.73. The summed E-state index contributed by atoms with van der Waals surface area (Å²) in [5.41, 5.74) is 1.43. The van der Waals surface area contributed by atoms with Gasteiger partial charge in [0, 0.05) is 18.1 Å². The van der Waals surface area contributed by atoms with Gasteiger partial charge in [-0.1, -0.05) is 48.1 Å². The standard InChI is InChI=1S/C16H17Cl2N3O2/c1-2-5-10-14(16-19-12(17)8-13(18)20-16)21-23-15(10)9-6-3-4-7-11(9)22/h8-9H,2-7H2,1H3. The Morgan fingerprint density at radius 3 is 2.65 bits per heavy atom. The molecule has 0 aliphatic heterocycles. The third-order valence-electron chi connectivity index (χ3n) is 4.07. The quantitative estimate of drug-likeness (QED) is 0.750. The van der Waals surface area contributed by atoms with Crippen LogP contribution in [0.3, 0.4) is 0 Å². The lowest BCUT2D eigenvalue weighted by Crippen LogP contribution is -2.17. The molecule has 1 aliphatic carbocycles. The van der Waals surface area contributed by atoms with E-state index >= 15 is 0 Å². The number of rotatable bonds is 4. The van der Waals surface area contributed by atoms with Gasteiger partial charge in [0.25, 0.3) is 0 Å². The van der Waals surface area contributed by atoms with E-state index in [1.165, 1.54) is 6.07 Å². The number of hydrogen-bond acceptors (Lipinski definition) is 5. The lowest BCUT2D eigenvalue weighted by Gasteiger charge is -2.18. The first-order valence-electron chi connectivity index (χ1n) is 7.81. The molecule has 0 amide bonds. The summed E-state index contributed by atoms with van der Waals surface area (Å²) in [7, 11) is 0. The molecule has 5 nitrogen and oxygen atoms in total. The molecule has 1 aliphatic rings. The van der Waals surface area contributed by atoms with Crippen LogP contribution in [0.25, 0.3) is 11.5 Å². The van der Waals surface area contributed by atoms with Crippen molar-refractivity contribution in [3.05, 3.63) is 27.7 Å². The summed E-state index contributed by atoms with van der Waals surface area (Å²) >= 11 is 11.9. The van der Waals surface area contributed by atoms with Crippen LogP contribution in [0.15, 0.2) is 10.6 Å². The second-order valence-corrected chi connectivity index (χ2v) is 6.50. The predicted molar refractivity (Wildman–Crippen MR) is 87.8 cm³/mol. The number of halogens is 2. The fraction of sp³-hybridized carbons (Fsp3) is 0.500. The van der Waals surface area contributed by atoms with Crippen molar-refractivity contribution in [2.24, 2.45) is 0 Å². The molecule has 1 saturated carbocycles. The van der Waals surface area contributed by atoms with E-state index < -0.39 is 0 Å². The van der Waals surface area contributed by atoms with E-state index in [0.29, 0.717) is 23.7 Å². The molecule has 0 aromatic carbocycles. The summed E-state index contributed by atoms with van der Waals surface area (Å²) in [4.78, 5) is 20.6. The second kappa shape index (κ2) is 6.97. The van der Waals surface area contributed by atoms with Gasteiger partial charge >= 0.3 is 0 Å². The summed E-state index contributed by atoms with van der Waals surface area (Å²) in [5, 5.41) is 4.63. The number of ketones is 1. The van der Waals surface area contributed by atoms with Gasteiger partial charge in [-0.2, -0.15) is 0 Å². The molecule has 2 heterocycles. The van der Waals surface area contributed by atoms with Crippen molar-refractivity contribution >= 4 is 29.0 Å². The minimum Gasteiger partial charge on any atom is -0.360 e. The highest BCUT2D eigenvalue weighted by molar-refractivity contribution is 6.33. The molecule has 2 aromatic rings. The van der Waals surface area contributed by atoms with Crippen molar-refractivity contribution in [3.8, 4) is 11.5 Å². The Labute approximate surface area is 144 Å². The lowest BCUT2D eigenvalue weighted by molar-refractivity contribution is -0.122. The molecule has 1 atom stereocenters. The first kappa shape index (κ1) is 16.4. The summed E-state index contributed by atoms with van der Waals surface area (Å²) in [6.45, 7) is 2.06. The smallest absolute Gasteiger partial charge is 0.184 e. The van der Waals surface area contributed by atoms with Gasteiger partial charge in [0.15, 0.2) is 17.3 Å². The normalized spacial score (nSPS) is 18.4. The highest BCUT2D eigenvalue weighted by Crippen LogP contribution is 2.36. The number of nitrogens with zero attached hydrogens (tertiary/aromatic N) is 3. The van der Waals surface area contributed by atoms with Crippen molar-refractivity contribution in [2.75, 3.05) is 0 Å². The van der Waals surface area contributed by atoms with Crippen molar-refractivity contribution in [3.63, 3.8) is 0 Å². The molecule has 1 unspecified atom stereocenters. The van der Waals surface area contributed by atoms with Crippen LogP contribution >= 0.6 is 23.2 Å². The van der Waals surface area contributed by atoms with Crippen molar-refractivity contribution in [1.29, 1.82) is 0 Å². The Hall–Kier alpha value is -1.46. The molecule has 0 radical (unpaired) electrons. The summed E-state index contributed by atoms with van der Waals surface area (Å²) in [6, 6.07) is 1.47. The number of carbonyl (C=O) groups excluding carboxylic acids is 1. The molecular weight excluding hydrogens is 337 g/mol. The molecular formula is C16H17Cl2N3O2. The van der Waals surface area contributed by atoms with Gasteiger partial charge in [0.2, 0.25) is 0 Å². The molecule has 0 spiro atoms. The maximum Gasteiger partial charge on any atom is 0.184 e. The van der Waals surface area contributed by atoms with Crippen molar-refractivity contribution in [2.45, 2.75) is 51.4 Å². The average molecular weight is 354 g/mol. The summed E-state index contributed by atoms with van der Waals surface area (Å²) in [6.07, 6.45) is 5.03. The highest BCUT2D eigenvalue weighted by atomic mass is 35.5. The van der Waals surface area contributed by atoms with Gasteiger partial charge in [-0.05, 0) is 19.3 Å². The van der Waals surface area contributed by atoms with E-state index in [9.17, 15) is 4.79 Å². The van der Waals surface area contributed by atoms with Crippen LogP contribution in [0.2, 0.25) is 10.3 Å². The number of Topliss-reactive ketones (excluding diaryl/α,β-unsaturated/α-hetero) is 1. The number of aromatic nitrogens is 3. The van der Waals surface area contributed by atoms with E-state index in [2.05, 4.69) is 22.0 Å².